The van der Waals surface area contributed by atoms with Crippen LogP contribution in [0, 0.1) is 12.8 Å². The van der Waals surface area contributed by atoms with E-state index in [-0.39, 0.29) is 0 Å². The monoisotopic (exact) mass is 194 g/mol. The highest BCUT2D eigenvalue weighted by atomic mass is 15.3. The van der Waals surface area contributed by atoms with Crippen molar-refractivity contribution in [2.45, 2.75) is 33.6 Å². The zero-order valence-electron chi connectivity index (χ0n) is 9.04. The molecule has 78 valence electrons. The highest BCUT2D eigenvalue weighted by Crippen LogP contribution is 2.09. The first-order chi connectivity index (χ1) is 6.61. The maximum Gasteiger partial charge on any atom is 0.143 e. The molecule has 0 spiro atoms. The average molecular weight is 194 g/mol. The number of nitrogens with one attached hydrogen (secondary N) is 1. The highest BCUT2D eigenvalue weighted by Gasteiger charge is 2.02. The number of aryl methyl sites for hydroxylation is 2. The Morgan fingerprint density at radius 3 is 2.71 bits per heavy atom. The molecular formula is C10H18N4. The van der Waals surface area contributed by atoms with Gasteiger partial charge in [-0.25, -0.2) is 15.8 Å². The summed E-state index contributed by atoms with van der Waals surface area (Å²) in [5, 5.41) is 0. The van der Waals surface area contributed by atoms with E-state index in [0.29, 0.717) is 11.7 Å². The van der Waals surface area contributed by atoms with Crippen LogP contribution in [0.1, 0.15) is 31.8 Å². The molecule has 0 unspecified atom stereocenters. The van der Waals surface area contributed by atoms with Gasteiger partial charge in [-0.2, -0.15) is 0 Å². The molecule has 1 aromatic heterocycles. The quantitative estimate of drug-likeness (QED) is 0.565. The predicted octanol–water partition coefficient (Wildman–Crippen LogP) is 1.66. The molecule has 0 bridgehead atoms. The summed E-state index contributed by atoms with van der Waals surface area (Å²) >= 11 is 0. The van der Waals surface area contributed by atoms with Gasteiger partial charge in [-0.1, -0.05) is 13.8 Å². The number of anilines is 1. The summed E-state index contributed by atoms with van der Waals surface area (Å²) in [7, 11) is 0. The molecule has 0 fully saturated rings. The van der Waals surface area contributed by atoms with Crippen molar-refractivity contribution in [2.24, 2.45) is 11.8 Å². The molecule has 0 aliphatic heterocycles. The number of aromatic nitrogens is 2. The van der Waals surface area contributed by atoms with Crippen molar-refractivity contribution in [3.05, 3.63) is 17.6 Å². The topological polar surface area (TPSA) is 63.8 Å². The zero-order chi connectivity index (χ0) is 10.6. The number of rotatable bonds is 4. The average Bonchev–Trinajstić information content (AvgIpc) is 2.14. The van der Waals surface area contributed by atoms with E-state index in [9.17, 15) is 0 Å². The third-order valence-electron chi connectivity index (χ3n) is 1.99. The van der Waals surface area contributed by atoms with Crippen LogP contribution >= 0.6 is 0 Å². The van der Waals surface area contributed by atoms with Gasteiger partial charge in [0.05, 0.1) is 0 Å². The van der Waals surface area contributed by atoms with Crippen LogP contribution in [0.15, 0.2) is 6.07 Å². The molecule has 4 heteroatoms. The summed E-state index contributed by atoms with van der Waals surface area (Å²) < 4.78 is 0. The van der Waals surface area contributed by atoms with Crippen molar-refractivity contribution in [1.82, 2.24) is 9.97 Å². The van der Waals surface area contributed by atoms with E-state index in [1.54, 1.807) is 0 Å². The molecular weight excluding hydrogens is 176 g/mol. The van der Waals surface area contributed by atoms with Crippen LogP contribution < -0.4 is 11.3 Å². The Labute approximate surface area is 84.9 Å². The predicted molar refractivity (Wildman–Crippen MR) is 57.7 cm³/mol. The van der Waals surface area contributed by atoms with Crippen LogP contribution in [0.25, 0.3) is 0 Å². The Morgan fingerprint density at radius 1 is 1.43 bits per heavy atom. The smallest absolute Gasteiger partial charge is 0.143 e. The maximum atomic E-state index is 5.30. The summed E-state index contributed by atoms with van der Waals surface area (Å²) in [4.78, 5) is 8.62. The fourth-order valence-corrected chi connectivity index (χ4v) is 1.23. The lowest BCUT2D eigenvalue weighted by Crippen LogP contribution is -2.11. The summed E-state index contributed by atoms with van der Waals surface area (Å²) in [6, 6.07) is 1.83. The molecule has 14 heavy (non-hydrogen) atoms. The molecule has 3 N–H and O–H groups in total. The summed E-state index contributed by atoms with van der Waals surface area (Å²) in [5.74, 6) is 7.54. The van der Waals surface area contributed by atoms with Crippen LogP contribution in [0.2, 0.25) is 0 Å². The van der Waals surface area contributed by atoms with Crippen molar-refractivity contribution in [2.75, 3.05) is 5.43 Å². The molecule has 0 atom stereocenters. The molecule has 1 aromatic rings. The first kappa shape index (κ1) is 10.9. The van der Waals surface area contributed by atoms with Crippen LogP contribution in [0.4, 0.5) is 5.82 Å². The number of nitrogens with zero attached hydrogens (tertiary/aromatic N) is 2. The minimum atomic E-state index is 0.674. The van der Waals surface area contributed by atoms with Gasteiger partial charge < -0.3 is 5.43 Å². The SMILES string of the molecule is Cc1cc(NN)nc(CCC(C)C)n1. The van der Waals surface area contributed by atoms with Gasteiger partial charge in [0.1, 0.15) is 11.6 Å². The minimum absolute atomic E-state index is 0.674. The second-order valence-electron chi connectivity index (χ2n) is 3.89. The van der Waals surface area contributed by atoms with Gasteiger partial charge in [-0.15, -0.1) is 0 Å². The van der Waals surface area contributed by atoms with Gasteiger partial charge in [0.15, 0.2) is 0 Å². The van der Waals surface area contributed by atoms with E-state index in [0.717, 1.165) is 24.4 Å². The number of nitrogens with two attached hydrogens (primary N) is 1. The number of hydrazine groups is 1. The summed E-state index contributed by atoms with van der Waals surface area (Å²) in [6.07, 6.45) is 2.02. The first-order valence-electron chi connectivity index (χ1n) is 4.93. The van der Waals surface area contributed by atoms with E-state index in [1.165, 1.54) is 0 Å². The largest absolute Gasteiger partial charge is 0.308 e. The van der Waals surface area contributed by atoms with Crippen molar-refractivity contribution < 1.29 is 0 Å². The molecule has 1 rings (SSSR count). The third-order valence-corrected chi connectivity index (χ3v) is 1.99. The standard InChI is InChI=1S/C10H18N4/c1-7(2)4-5-9-12-8(3)6-10(13-9)14-11/h6-7H,4-5,11H2,1-3H3,(H,12,13,14). The summed E-state index contributed by atoms with van der Waals surface area (Å²) in [5.41, 5.74) is 3.50. The normalized spacial score (nSPS) is 10.6. The molecule has 0 saturated heterocycles. The van der Waals surface area contributed by atoms with E-state index < -0.39 is 0 Å². The van der Waals surface area contributed by atoms with Crippen LogP contribution in [0.5, 0.6) is 0 Å². The molecule has 0 aromatic carbocycles. The number of nitrogen functional groups attached to an aromatic ring is 1. The number of hydrogen-bond donors (Lipinski definition) is 2. The Kier molecular flexibility index (Phi) is 3.83. The Morgan fingerprint density at radius 2 is 2.14 bits per heavy atom. The van der Waals surface area contributed by atoms with Gasteiger partial charge in [-0.05, 0) is 19.3 Å². The molecule has 1 heterocycles. The molecule has 0 radical (unpaired) electrons. The van der Waals surface area contributed by atoms with Gasteiger partial charge in [0.25, 0.3) is 0 Å². The maximum absolute atomic E-state index is 5.30. The van der Waals surface area contributed by atoms with Crippen LogP contribution in [-0.2, 0) is 6.42 Å². The van der Waals surface area contributed by atoms with Gasteiger partial charge in [0, 0.05) is 18.2 Å². The van der Waals surface area contributed by atoms with Crippen molar-refractivity contribution >= 4 is 5.82 Å². The zero-order valence-corrected chi connectivity index (χ0v) is 9.04. The van der Waals surface area contributed by atoms with Gasteiger partial charge >= 0.3 is 0 Å². The van der Waals surface area contributed by atoms with E-state index in [4.69, 9.17) is 5.84 Å². The van der Waals surface area contributed by atoms with E-state index in [1.807, 2.05) is 13.0 Å². The van der Waals surface area contributed by atoms with Crippen LogP contribution in [-0.4, -0.2) is 9.97 Å². The first-order valence-corrected chi connectivity index (χ1v) is 4.93. The highest BCUT2D eigenvalue weighted by molar-refractivity contribution is 5.33. The minimum Gasteiger partial charge on any atom is -0.308 e. The molecule has 0 aliphatic rings. The molecule has 0 saturated carbocycles. The summed E-state index contributed by atoms with van der Waals surface area (Å²) in [6.45, 7) is 6.33. The fraction of sp³-hybridized carbons (Fsp3) is 0.600. The van der Waals surface area contributed by atoms with Crippen molar-refractivity contribution in [3.63, 3.8) is 0 Å². The van der Waals surface area contributed by atoms with Crippen molar-refractivity contribution in [1.29, 1.82) is 0 Å². The molecule has 0 amide bonds. The lowest BCUT2D eigenvalue weighted by molar-refractivity contribution is 0.574. The van der Waals surface area contributed by atoms with Gasteiger partial charge in [-0.3, -0.25) is 0 Å². The molecule has 4 nitrogen and oxygen atoms in total. The molecule has 0 aliphatic carbocycles. The van der Waals surface area contributed by atoms with Crippen LogP contribution in [0.3, 0.4) is 0 Å². The lowest BCUT2D eigenvalue weighted by Gasteiger charge is -2.06. The Balaban J connectivity index is 2.71. The second kappa shape index (κ2) is 4.91. The number of hydrogen-bond acceptors (Lipinski definition) is 4. The van der Waals surface area contributed by atoms with Crippen molar-refractivity contribution in [3.8, 4) is 0 Å². The van der Waals surface area contributed by atoms with E-state index >= 15 is 0 Å². The third kappa shape index (κ3) is 3.30. The van der Waals surface area contributed by atoms with Gasteiger partial charge in [0.2, 0.25) is 0 Å². The Hall–Kier alpha value is -1.16. The lowest BCUT2D eigenvalue weighted by atomic mass is 10.1. The Bertz CT molecular complexity index is 296. The second-order valence-corrected chi connectivity index (χ2v) is 3.89. The fourth-order valence-electron chi connectivity index (χ4n) is 1.23. The van der Waals surface area contributed by atoms with E-state index in [2.05, 4.69) is 29.2 Å².